The molecule has 3 aromatic rings. The third-order valence-electron chi connectivity index (χ3n) is 6.65. The number of halogens is 2. The molecule has 30 heavy (non-hydrogen) atoms. The molecule has 0 spiro atoms. The van der Waals surface area contributed by atoms with E-state index < -0.39 is 0 Å². The third kappa shape index (κ3) is 3.03. The van der Waals surface area contributed by atoms with Crippen LogP contribution in [-0.2, 0) is 4.79 Å². The van der Waals surface area contributed by atoms with E-state index in [9.17, 15) is 4.79 Å². The summed E-state index contributed by atoms with van der Waals surface area (Å²) in [4.78, 5) is 21.3. The normalized spacial score (nSPS) is 24.7. The maximum atomic E-state index is 12.7. The average Bonchev–Trinajstić information content (AvgIpc) is 3.24. The Morgan fingerprint density at radius 2 is 1.90 bits per heavy atom. The third-order valence-corrected chi connectivity index (χ3v) is 7.43. The predicted molar refractivity (Wildman–Crippen MR) is 122 cm³/mol. The monoisotopic (exact) mass is 440 g/mol. The molecule has 1 amide bonds. The van der Waals surface area contributed by atoms with Crippen molar-refractivity contribution in [3.63, 3.8) is 0 Å². The topological polar surface area (TPSA) is 80.9 Å². The Labute approximate surface area is 185 Å². The highest BCUT2D eigenvalue weighted by atomic mass is 35.5. The molecule has 2 aliphatic carbocycles. The molecule has 3 N–H and O–H groups in total. The largest absolute Gasteiger partial charge is 0.397 e. The van der Waals surface area contributed by atoms with Crippen LogP contribution in [-0.4, -0.2) is 15.9 Å². The Hall–Kier alpha value is -2.37. The number of fused-ring (bicyclic) bond motifs is 2. The van der Waals surface area contributed by atoms with Gasteiger partial charge in [-0.3, -0.25) is 9.78 Å². The lowest BCUT2D eigenvalue weighted by Gasteiger charge is -2.16. The summed E-state index contributed by atoms with van der Waals surface area (Å²) in [5.41, 5.74) is 9.18. The van der Waals surface area contributed by atoms with Crippen molar-refractivity contribution in [2.45, 2.75) is 26.7 Å². The summed E-state index contributed by atoms with van der Waals surface area (Å²) < 4.78 is 0. The van der Waals surface area contributed by atoms with E-state index in [1.165, 1.54) is 0 Å². The minimum absolute atomic E-state index is 0.0464. The van der Waals surface area contributed by atoms with Gasteiger partial charge < -0.3 is 11.1 Å². The fraction of sp³-hybridized carbons (Fsp3) is 0.348. The van der Waals surface area contributed by atoms with Crippen molar-refractivity contribution in [1.82, 2.24) is 9.97 Å². The van der Waals surface area contributed by atoms with Crippen LogP contribution in [0.5, 0.6) is 0 Å². The van der Waals surface area contributed by atoms with Crippen LogP contribution in [0.1, 0.15) is 25.3 Å². The second kappa shape index (κ2) is 7.10. The molecule has 0 aliphatic heterocycles. The van der Waals surface area contributed by atoms with Gasteiger partial charge >= 0.3 is 0 Å². The van der Waals surface area contributed by atoms with Crippen LogP contribution in [0, 0.1) is 30.6 Å². The lowest BCUT2D eigenvalue weighted by molar-refractivity contribution is -0.118. The van der Waals surface area contributed by atoms with Gasteiger partial charge in [0.15, 0.2) is 0 Å². The van der Waals surface area contributed by atoms with E-state index in [0.29, 0.717) is 49.7 Å². The van der Waals surface area contributed by atoms with Crippen molar-refractivity contribution >= 4 is 51.4 Å². The second-order valence-corrected chi connectivity index (χ2v) is 9.40. The molecule has 2 heterocycles. The summed E-state index contributed by atoms with van der Waals surface area (Å²) in [5.74, 6) is 2.41. The Morgan fingerprint density at radius 3 is 2.60 bits per heavy atom. The summed E-state index contributed by atoms with van der Waals surface area (Å²) in [5, 5.41) is 5.18. The molecule has 4 atom stereocenters. The van der Waals surface area contributed by atoms with Crippen molar-refractivity contribution in [1.29, 1.82) is 0 Å². The number of nitrogens with zero attached hydrogens (tertiary/aromatic N) is 2. The minimum Gasteiger partial charge on any atom is -0.397 e. The SMILES string of the molecule is Cc1ccncc1-c1c(Cl)c(N)c2cnc(NC(=O)[C@H]3[C@@H]4CC(C)C[C@@H]43)cc2c1Cl. The van der Waals surface area contributed by atoms with Crippen LogP contribution >= 0.6 is 23.2 Å². The van der Waals surface area contributed by atoms with E-state index in [1.807, 2.05) is 13.0 Å². The first kappa shape index (κ1) is 19.6. The fourth-order valence-electron chi connectivity index (χ4n) is 5.08. The number of carbonyl (C=O) groups excluding carboxylic acids is 1. The molecular weight excluding hydrogens is 419 g/mol. The average molecular weight is 441 g/mol. The fourth-order valence-corrected chi connectivity index (χ4v) is 5.78. The highest BCUT2D eigenvalue weighted by Gasteiger charge is 2.58. The molecule has 5 rings (SSSR count). The maximum Gasteiger partial charge on any atom is 0.229 e. The van der Waals surface area contributed by atoms with Gasteiger partial charge in [0, 0.05) is 46.4 Å². The number of nitrogens with two attached hydrogens (primary N) is 1. The number of aryl methyl sites for hydroxylation is 1. The van der Waals surface area contributed by atoms with Crippen molar-refractivity contribution in [2.24, 2.45) is 23.7 Å². The molecule has 5 nitrogen and oxygen atoms in total. The number of benzene rings is 1. The molecular formula is C23H22Cl2N4O. The molecule has 2 aliphatic rings. The van der Waals surface area contributed by atoms with Gasteiger partial charge in [-0.15, -0.1) is 0 Å². The van der Waals surface area contributed by atoms with Gasteiger partial charge in [0.1, 0.15) is 5.82 Å². The molecule has 0 bridgehead atoms. The molecule has 7 heteroatoms. The number of amides is 1. The molecule has 154 valence electrons. The molecule has 1 aromatic carbocycles. The quantitative estimate of drug-likeness (QED) is 0.509. The molecule has 1 unspecified atom stereocenters. The Balaban J connectivity index is 1.53. The van der Waals surface area contributed by atoms with Crippen LogP contribution in [0.15, 0.2) is 30.7 Å². The van der Waals surface area contributed by atoms with Crippen LogP contribution in [0.2, 0.25) is 10.0 Å². The van der Waals surface area contributed by atoms with E-state index in [2.05, 4.69) is 22.2 Å². The van der Waals surface area contributed by atoms with Gasteiger partial charge in [-0.2, -0.15) is 0 Å². The van der Waals surface area contributed by atoms with E-state index in [1.54, 1.807) is 24.7 Å². The highest BCUT2D eigenvalue weighted by molar-refractivity contribution is 6.45. The van der Waals surface area contributed by atoms with E-state index in [4.69, 9.17) is 28.9 Å². The predicted octanol–water partition coefficient (Wildman–Crippen LogP) is 5.72. The van der Waals surface area contributed by atoms with Gasteiger partial charge in [0.2, 0.25) is 5.91 Å². The van der Waals surface area contributed by atoms with Crippen LogP contribution < -0.4 is 11.1 Å². The first-order valence-corrected chi connectivity index (χ1v) is 10.9. The van der Waals surface area contributed by atoms with Crippen molar-refractivity contribution in [3.05, 3.63) is 46.3 Å². The van der Waals surface area contributed by atoms with Gasteiger partial charge in [-0.1, -0.05) is 30.1 Å². The van der Waals surface area contributed by atoms with Gasteiger partial charge in [-0.05, 0) is 55.2 Å². The number of hydrogen-bond donors (Lipinski definition) is 2. The Kier molecular flexibility index (Phi) is 4.64. The van der Waals surface area contributed by atoms with Crippen molar-refractivity contribution in [2.75, 3.05) is 11.1 Å². The van der Waals surface area contributed by atoms with E-state index in [-0.39, 0.29) is 11.8 Å². The lowest BCUT2D eigenvalue weighted by atomic mass is 9.98. The molecule has 2 fully saturated rings. The number of nitrogens with one attached hydrogen (secondary N) is 1. The van der Waals surface area contributed by atoms with E-state index in [0.717, 1.165) is 29.9 Å². The number of nitrogen functional groups attached to an aromatic ring is 1. The first-order chi connectivity index (χ1) is 14.4. The Bertz CT molecular complexity index is 1180. The molecule has 2 saturated carbocycles. The number of rotatable bonds is 3. The zero-order valence-corrected chi connectivity index (χ0v) is 18.3. The van der Waals surface area contributed by atoms with Gasteiger partial charge in [0.05, 0.1) is 15.7 Å². The minimum atomic E-state index is 0.0464. The summed E-state index contributed by atoms with van der Waals surface area (Å²) in [7, 11) is 0. The molecule has 0 saturated heterocycles. The Morgan fingerprint density at radius 1 is 1.17 bits per heavy atom. The number of hydrogen-bond acceptors (Lipinski definition) is 4. The van der Waals surface area contributed by atoms with Gasteiger partial charge in [0.25, 0.3) is 0 Å². The number of aromatic nitrogens is 2. The maximum absolute atomic E-state index is 12.7. The number of anilines is 2. The zero-order chi connectivity index (χ0) is 21.2. The van der Waals surface area contributed by atoms with Gasteiger partial charge in [-0.25, -0.2) is 4.98 Å². The highest BCUT2D eigenvalue weighted by Crippen LogP contribution is 2.59. The lowest BCUT2D eigenvalue weighted by Crippen LogP contribution is -2.18. The molecule has 0 radical (unpaired) electrons. The number of carbonyl (C=O) groups is 1. The summed E-state index contributed by atoms with van der Waals surface area (Å²) in [6.07, 6.45) is 7.35. The van der Waals surface area contributed by atoms with Crippen molar-refractivity contribution in [3.8, 4) is 11.1 Å². The zero-order valence-electron chi connectivity index (χ0n) is 16.7. The smallest absolute Gasteiger partial charge is 0.229 e. The summed E-state index contributed by atoms with van der Waals surface area (Å²) in [6.45, 7) is 4.22. The summed E-state index contributed by atoms with van der Waals surface area (Å²) >= 11 is 13.4. The summed E-state index contributed by atoms with van der Waals surface area (Å²) in [6, 6.07) is 3.67. The standard InChI is InChI=1S/C23H22Cl2N4O/c1-10-5-12-13(6-10)18(12)23(30)29-17-7-14-16(9-28-17)22(26)21(25)19(20(14)24)15-8-27-4-3-11(15)2/h3-4,7-10,12-13,18H,5-6,26H2,1-2H3,(H,28,29,30)/t10?,12-,13+,18+. The van der Waals surface area contributed by atoms with Crippen molar-refractivity contribution < 1.29 is 4.79 Å². The van der Waals surface area contributed by atoms with E-state index >= 15 is 0 Å². The van der Waals surface area contributed by atoms with Crippen LogP contribution in [0.25, 0.3) is 21.9 Å². The van der Waals surface area contributed by atoms with Crippen LogP contribution in [0.3, 0.4) is 0 Å². The van der Waals surface area contributed by atoms with Crippen LogP contribution in [0.4, 0.5) is 11.5 Å². The molecule has 2 aromatic heterocycles. The first-order valence-electron chi connectivity index (χ1n) is 10.1. The number of pyridine rings is 2. The second-order valence-electron chi connectivity index (χ2n) is 8.64.